The van der Waals surface area contributed by atoms with Gasteiger partial charge in [0, 0.05) is 6.04 Å². The summed E-state index contributed by atoms with van der Waals surface area (Å²) >= 11 is 0. The van der Waals surface area contributed by atoms with E-state index in [9.17, 15) is 9.18 Å². The third-order valence-electron chi connectivity index (χ3n) is 3.92. The molecule has 98 valence electrons. The Kier molecular flexibility index (Phi) is 3.39. The second-order valence-electron chi connectivity index (χ2n) is 5.35. The third kappa shape index (κ3) is 2.25. The van der Waals surface area contributed by atoms with Crippen molar-refractivity contribution in [3.05, 3.63) is 29.6 Å². The second-order valence-corrected chi connectivity index (χ2v) is 5.35. The molecule has 0 radical (unpaired) electrons. The van der Waals surface area contributed by atoms with Crippen LogP contribution in [-0.2, 0) is 4.79 Å². The van der Waals surface area contributed by atoms with Gasteiger partial charge >= 0.3 is 0 Å². The van der Waals surface area contributed by atoms with E-state index >= 15 is 0 Å². The lowest BCUT2D eigenvalue weighted by Crippen LogP contribution is -2.44. The van der Waals surface area contributed by atoms with E-state index in [1.54, 1.807) is 12.1 Å². The Hall–Kier alpha value is -1.42. The fourth-order valence-corrected chi connectivity index (χ4v) is 2.48. The minimum Gasteiger partial charge on any atom is -0.327 e. The van der Waals surface area contributed by atoms with Crippen LogP contribution in [0.15, 0.2) is 18.2 Å². The fraction of sp³-hybridized carbons (Fsp3) is 0.500. The molecule has 1 aromatic rings. The molecule has 1 fully saturated rings. The topological polar surface area (TPSA) is 55.1 Å². The van der Waals surface area contributed by atoms with Gasteiger partial charge in [0.15, 0.2) is 0 Å². The van der Waals surface area contributed by atoms with E-state index in [1.807, 2.05) is 13.8 Å². The molecule has 2 rings (SSSR count). The Morgan fingerprint density at radius 2 is 2.28 bits per heavy atom. The van der Waals surface area contributed by atoms with Crippen molar-refractivity contribution in [3.63, 3.8) is 0 Å². The number of anilines is 1. The summed E-state index contributed by atoms with van der Waals surface area (Å²) in [7, 11) is 0. The molecule has 1 aliphatic carbocycles. The Balaban J connectivity index is 2.19. The highest BCUT2D eigenvalue weighted by molar-refractivity contribution is 5.96. The van der Waals surface area contributed by atoms with Crippen LogP contribution in [0.5, 0.6) is 0 Å². The molecular formula is C14H19FN2O. The number of amides is 1. The van der Waals surface area contributed by atoms with E-state index < -0.39 is 11.2 Å². The molecule has 0 heterocycles. The molecule has 2 unspecified atom stereocenters. The predicted molar refractivity (Wildman–Crippen MR) is 69.7 cm³/mol. The van der Waals surface area contributed by atoms with E-state index in [0.717, 1.165) is 24.8 Å². The standard InChI is InChI=1S/C14H19FN2O/c1-9-5-6-10(15)11(8-9)17-13(18)14(2)7-3-4-12(14)16/h5-6,8,12H,3-4,7,16H2,1-2H3,(H,17,18). The fourth-order valence-electron chi connectivity index (χ4n) is 2.48. The van der Waals surface area contributed by atoms with Gasteiger partial charge in [-0.3, -0.25) is 4.79 Å². The number of halogens is 1. The van der Waals surface area contributed by atoms with Crippen molar-refractivity contribution in [2.45, 2.75) is 39.2 Å². The first-order valence-electron chi connectivity index (χ1n) is 6.26. The number of rotatable bonds is 2. The number of carbonyl (C=O) groups excluding carboxylic acids is 1. The molecule has 18 heavy (non-hydrogen) atoms. The van der Waals surface area contributed by atoms with Gasteiger partial charge in [-0.2, -0.15) is 0 Å². The van der Waals surface area contributed by atoms with Crippen molar-refractivity contribution in [3.8, 4) is 0 Å². The molecule has 1 amide bonds. The summed E-state index contributed by atoms with van der Waals surface area (Å²) in [5, 5.41) is 2.67. The number of aryl methyl sites for hydroxylation is 1. The first-order chi connectivity index (χ1) is 8.43. The maximum atomic E-state index is 13.6. The molecule has 0 spiro atoms. The van der Waals surface area contributed by atoms with E-state index in [4.69, 9.17) is 5.73 Å². The molecule has 4 heteroatoms. The van der Waals surface area contributed by atoms with Crippen LogP contribution < -0.4 is 11.1 Å². The quantitative estimate of drug-likeness (QED) is 0.847. The molecule has 1 aromatic carbocycles. The van der Waals surface area contributed by atoms with E-state index in [0.29, 0.717) is 0 Å². The average molecular weight is 250 g/mol. The number of carbonyl (C=O) groups is 1. The maximum absolute atomic E-state index is 13.6. The zero-order valence-corrected chi connectivity index (χ0v) is 10.8. The van der Waals surface area contributed by atoms with E-state index in [1.165, 1.54) is 6.07 Å². The summed E-state index contributed by atoms with van der Waals surface area (Å²) in [5.41, 5.74) is 6.54. The minimum atomic E-state index is -0.587. The summed E-state index contributed by atoms with van der Waals surface area (Å²) < 4.78 is 13.6. The van der Waals surface area contributed by atoms with Crippen molar-refractivity contribution < 1.29 is 9.18 Å². The Bertz CT molecular complexity index is 475. The summed E-state index contributed by atoms with van der Waals surface area (Å²) in [6.45, 7) is 3.71. The molecule has 0 saturated heterocycles. The van der Waals surface area contributed by atoms with Gasteiger partial charge in [-0.25, -0.2) is 4.39 Å². The van der Waals surface area contributed by atoms with Crippen LogP contribution in [0, 0.1) is 18.2 Å². The van der Waals surface area contributed by atoms with Gasteiger partial charge in [-0.1, -0.05) is 12.5 Å². The van der Waals surface area contributed by atoms with Crippen LogP contribution in [0.2, 0.25) is 0 Å². The zero-order chi connectivity index (χ0) is 13.3. The number of hydrogen-bond donors (Lipinski definition) is 2. The molecule has 3 nitrogen and oxygen atoms in total. The van der Waals surface area contributed by atoms with Crippen molar-refractivity contribution in [1.82, 2.24) is 0 Å². The predicted octanol–water partition coefficient (Wildman–Crippen LogP) is 2.59. The SMILES string of the molecule is Cc1ccc(F)c(NC(=O)C2(C)CCCC2N)c1. The summed E-state index contributed by atoms with van der Waals surface area (Å²) in [4.78, 5) is 12.3. The van der Waals surface area contributed by atoms with Crippen molar-refractivity contribution in [2.75, 3.05) is 5.32 Å². The molecular weight excluding hydrogens is 231 g/mol. The van der Waals surface area contributed by atoms with Crippen LogP contribution in [0.1, 0.15) is 31.7 Å². The minimum absolute atomic E-state index is 0.148. The number of nitrogens with two attached hydrogens (primary N) is 1. The highest BCUT2D eigenvalue weighted by Crippen LogP contribution is 2.37. The van der Waals surface area contributed by atoms with Gasteiger partial charge in [-0.15, -0.1) is 0 Å². The van der Waals surface area contributed by atoms with Crippen LogP contribution in [0.25, 0.3) is 0 Å². The lowest BCUT2D eigenvalue weighted by molar-refractivity contribution is -0.125. The zero-order valence-electron chi connectivity index (χ0n) is 10.8. The Morgan fingerprint density at radius 1 is 1.56 bits per heavy atom. The van der Waals surface area contributed by atoms with Gasteiger partial charge < -0.3 is 11.1 Å². The van der Waals surface area contributed by atoms with Gasteiger partial charge in [-0.05, 0) is 44.4 Å². The molecule has 1 aliphatic rings. The van der Waals surface area contributed by atoms with Gasteiger partial charge in [0.1, 0.15) is 5.82 Å². The third-order valence-corrected chi connectivity index (χ3v) is 3.92. The van der Waals surface area contributed by atoms with Crippen LogP contribution in [-0.4, -0.2) is 11.9 Å². The molecule has 0 bridgehead atoms. The average Bonchev–Trinajstić information content (AvgIpc) is 2.66. The highest BCUT2D eigenvalue weighted by Gasteiger charge is 2.43. The normalized spacial score (nSPS) is 27.2. The lowest BCUT2D eigenvalue weighted by atomic mass is 9.84. The molecule has 1 saturated carbocycles. The van der Waals surface area contributed by atoms with Crippen molar-refractivity contribution in [2.24, 2.45) is 11.1 Å². The number of benzene rings is 1. The van der Waals surface area contributed by atoms with Gasteiger partial charge in [0.25, 0.3) is 0 Å². The molecule has 0 aromatic heterocycles. The molecule has 2 atom stereocenters. The summed E-state index contributed by atoms with van der Waals surface area (Å²) in [6, 6.07) is 4.53. The molecule has 0 aliphatic heterocycles. The Labute approximate surface area is 107 Å². The Morgan fingerprint density at radius 3 is 2.89 bits per heavy atom. The smallest absolute Gasteiger partial charge is 0.231 e. The van der Waals surface area contributed by atoms with Gasteiger partial charge in [0.05, 0.1) is 11.1 Å². The largest absolute Gasteiger partial charge is 0.327 e. The van der Waals surface area contributed by atoms with E-state index in [2.05, 4.69) is 5.32 Å². The van der Waals surface area contributed by atoms with Crippen LogP contribution in [0.3, 0.4) is 0 Å². The highest BCUT2D eigenvalue weighted by atomic mass is 19.1. The lowest BCUT2D eigenvalue weighted by Gasteiger charge is -2.27. The first kappa shape index (κ1) is 13.0. The molecule has 3 N–H and O–H groups in total. The summed E-state index contributed by atoms with van der Waals surface area (Å²) in [5.74, 6) is -0.596. The number of nitrogens with one attached hydrogen (secondary N) is 1. The van der Waals surface area contributed by atoms with E-state index in [-0.39, 0.29) is 17.6 Å². The van der Waals surface area contributed by atoms with Crippen molar-refractivity contribution >= 4 is 11.6 Å². The maximum Gasteiger partial charge on any atom is 0.231 e. The second kappa shape index (κ2) is 4.69. The van der Waals surface area contributed by atoms with Crippen LogP contribution >= 0.6 is 0 Å². The number of hydrogen-bond acceptors (Lipinski definition) is 2. The monoisotopic (exact) mass is 250 g/mol. The van der Waals surface area contributed by atoms with Crippen LogP contribution in [0.4, 0.5) is 10.1 Å². The summed E-state index contributed by atoms with van der Waals surface area (Å²) in [6.07, 6.45) is 2.55. The van der Waals surface area contributed by atoms with Gasteiger partial charge in [0.2, 0.25) is 5.91 Å². The van der Waals surface area contributed by atoms with Crippen molar-refractivity contribution in [1.29, 1.82) is 0 Å². The first-order valence-corrected chi connectivity index (χ1v) is 6.26.